The van der Waals surface area contributed by atoms with E-state index in [1.165, 1.54) is 6.33 Å². The van der Waals surface area contributed by atoms with E-state index in [0.29, 0.717) is 17.3 Å². The average molecular weight is 258 g/mol. The molecular weight excluding hydrogens is 244 g/mol. The van der Waals surface area contributed by atoms with E-state index in [9.17, 15) is 0 Å². The highest BCUT2D eigenvalue weighted by Crippen LogP contribution is 2.25. The molecule has 0 saturated carbocycles. The van der Waals surface area contributed by atoms with Crippen molar-refractivity contribution in [2.24, 2.45) is 7.05 Å². The molecular formula is C12H14N6O. The predicted molar refractivity (Wildman–Crippen MR) is 68.5 cm³/mol. The normalized spacial score (nSPS) is 11.7. The Labute approximate surface area is 110 Å². The van der Waals surface area contributed by atoms with Gasteiger partial charge in [0.25, 0.3) is 0 Å². The standard InChI is InChI=1S/C12H14N6O/c1-8(12-10(19-3)6-18(2)17-12)16-11-4-9(5-13)14-7-15-11/h4,6-8H,1-3H3,(H,14,15,16)/t8-/m0/s1. The maximum atomic E-state index is 8.79. The minimum Gasteiger partial charge on any atom is -0.493 e. The van der Waals surface area contributed by atoms with Crippen molar-refractivity contribution in [1.29, 1.82) is 5.26 Å². The van der Waals surface area contributed by atoms with Crippen LogP contribution in [-0.4, -0.2) is 26.9 Å². The largest absolute Gasteiger partial charge is 0.493 e. The molecule has 2 aromatic rings. The third-order valence-corrected chi connectivity index (χ3v) is 2.60. The summed E-state index contributed by atoms with van der Waals surface area (Å²) in [5, 5.41) is 16.3. The van der Waals surface area contributed by atoms with Crippen LogP contribution in [0.15, 0.2) is 18.6 Å². The Balaban J connectivity index is 2.20. The summed E-state index contributed by atoms with van der Waals surface area (Å²) >= 11 is 0. The quantitative estimate of drug-likeness (QED) is 0.888. The monoisotopic (exact) mass is 258 g/mol. The van der Waals surface area contributed by atoms with E-state index < -0.39 is 0 Å². The molecule has 0 radical (unpaired) electrons. The Morgan fingerprint density at radius 3 is 2.95 bits per heavy atom. The number of aryl methyl sites for hydroxylation is 1. The Bertz CT molecular complexity index is 615. The Hall–Kier alpha value is -2.62. The predicted octanol–water partition coefficient (Wildman–Crippen LogP) is 1.26. The fraction of sp³-hybridized carbons (Fsp3) is 0.333. The Morgan fingerprint density at radius 2 is 2.26 bits per heavy atom. The van der Waals surface area contributed by atoms with Gasteiger partial charge in [0.1, 0.15) is 29.6 Å². The summed E-state index contributed by atoms with van der Waals surface area (Å²) in [6.07, 6.45) is 3.15. The first-order valence-electron chi connectivity index (χ1n) is 5.70. The number of nitrogens with zero attached hydrogens (tertiary/aromatic N) is 5. The second-order valence-electron chi connectivity index (χ2n) is 4.02. The first-order chi connectivity index (χ1) is 9.13. The molecule has 0 spiro atoms. The molecule has 0 fully saturated rings. The molecule has 0 aliphatic rings. The first-order valence-corrected chi connectivity index (χ1v) is 5.70. The fourth-order valence-electron chi connectivity index (χ4n) is 1.73. The van der Waals surface area contributed by atoms with Gasteiger partial charge in [0.05, 0.1) is 19.3 Å². The summed E-state index contributed by atoms with van der Waals surface area (Å²) in [5.41, 5.74) is 1.10. The molecule has 1 atom stereocenters. The van der Waals surface area contributed by atoms with Crippen molar-refractivity contribution in [3.63, 3.8) is 0 Å². The van der Waals surface area contributed by atoms with Crippen LogP contribution < -0.4 is 10.1 Å². The van der Waals surface area contributed by atoms with Crippen LogP contribution >= 0.6 is 0 Å². The lowest BCUT2D eigenvalue weighted by Crippen LogP contribution is -2.10. The van der Waals surface area contributed by atoms with E-state index in [0.717, 1.165) is 5.69 Å². The highest BCUT2D eigenvalue weighted by molar-refractivity contribution is 5.42. The van der Waals surface area contributed by atoms with Crippen molar-refractivity contribution in [2.45, 2.75) is 13.0 Å². The third kappa shape index (κ3) is 2.80. The molecule has 1 N–H and O–H groups in total. The van der Waals surface area contributed by atoms with Crippen molar-refractivity contribution >= 4 is 5.82 Å². The summed E-state index contributed by atoms with van der Waals surface area (Å²) in [4.78, 5) is 7.89. The van der Waals surface area contributed by atoms with Crippen molar-refractivity contribution in [1.82, 2.24) is 19.7 Å². The van der Waals surface area contributed by atoms with Gasteiger partial charge in [0.2, 0.25) is 0 Å². The zero-order valence-corrected chi connectivity index (χ0v) is 11.0. The number of hydrogen-bond donors (Lipinski definition) is 1. The van der Waals surface area contributed by atoms with Crippen LogP contribution in [0.25, 0.3) is 0 Å². The minimum absolute atomic E-state index is 0.0995. The molecule has 7 heteroatoms. The summed E-state index contributed by atoms with van der Waals surface area (Å²) in [5.74, 6) is 1.28. The second kappa shape index (κ2) is 5.35. The molecule has 0 aliphatic carbocycles. The lowest BCUT2D eigenvalue weighted by Gasteiger charge is -2.13. The van der Waals surface area contributed by atoms with Crippen molar-refractivity contribution in [3.8, 4) is 11.8 Å². The van der Waals surface area contributed by atoms with Crippen LogP contribution in [0.5, 0.6) is 5.75 Å². The van der Waals surface area contributed by atoms with Crippen LogP contribution in [0.4, 0.5) is 5.82 Å². The lowest BCUT2D eigenvalue weighted by molar-refractivity contribution is 0.407. The summed E-state index contributed by atoms with van der Waals surface area (Å²) in [7, 11) is 3.43. The van der Waals surface area contributed by atoms with Crippen LogP contribution in [-0.2, 0) is 7.05 Å². The molecule has 2 aromatic heterocycles. The van der Waals surface area contributed by atoms with E-state index in [-0.39, 0.29) is 6.04 Å². The van der Waals surface area contributed by atoms with Gasteiger partial charge in [-0.15, -0.1) is 0 Å². The molecule has 0 aliphatic heterocycles. The molecule has 7 nitrogen and oxygen atoms in total. The van der Waals surface area contributed by atoms with E-state index in [2.05, 4.69) is 20.4 Å². The molecule has 2 heterocycles. The maximum absolute atomic E-state index is 8.79. The van der Waals surface area contributed by atoms with Crippen molar-refractivity contribution < 1.29 is 4.74 Å². The zero-order chi connectivity index (χ0) is 13.8. The highest BCUT2D eigenvalue weighted by atomic mass is 16.5. The summed E-state index contributed by atoms with van der Waals surface area (Å²) in [6.45, 7) is 1.94. The molecule has 2 rings (SSSR count). The maximum Gasteiger partial charge on any atom is 0.162 e. The number of nitriles is 1. The number of aromatic nitrogens is 4. The Morgan fingerprint density at radius 1 is 1.47 bits per heavy atom. The molecule has 0 bridgehead atoms. The molecule has 98 valence electrons. The average Bonchev–Trinajstić information content (AvgIpc) is 2.80. The van der Waals surface area contributed by atoms with Crippen molar-refractivity contribution in [2.75, 3.05) is 12.4 Å². The fourth-order valence-corrected chi connectivity index (χ4v) is 1.73. The number of methoxy groups -OCH3 is 1. The van der Waals surface area contributed by atoms with E-state index >= 15 is 0 Å². The zero-order valence-electron chi connectivity index (χ0n) is 11.0. The number of rotatable bonds is 4. The topological polar surface area (TPSA) is 88.6 Å². The van der Waals surface area contributed by atoms with Gasteiger partial charge in [-0.2, -0.15) is 10.4 Å². The van der Waals surface area contributed by atoms with E-state index in [1.54, 1.807) is 24.1 Å². The van der Waals surface area contributed by atoms with Gasteiger partial charge < -0.3 is 10.1 Å². The highest BCUT2D eigenvalue weighted by Gasteiger charge is 2.16. The van der Waals surface area contributed by atoms with E-state index in [4.69, 9.17) is 10.00 Å². The number of ether oxygens (including phenoxy) is 1. The van der Waals surface area contributed by atoms with Gasteiger partial charge in [0, 0.05) is 13.1 Å². The van der Waals surface area contributed by atoms with Gasteiger partial charge in [-0.05, 0) is 6.92 Å². The number of hydrogen-bond acceptors (Lipinski definition) is 6. The molecule has 0 aromatic carbocycles. The van der Waals surface area contributed by atoms with Crippen LogP contribution in [0, 0.1) is 11.3 Å². The minimum atomic E-state index is -0.0995. The third-order valence-electron chi connectivity index (χ3n) is 2.60. The molecule has 0 saturated heterocycles. The van der Waals surface area contributed by atoms with Gasteiger partial charge in [0.15, 0.2) is 5.75 Å². The first kappa shape index (κ1) is 12.8. The second-order valence-corrected chi connectivity index (χ2v) is 4.02. The molecule has 0 unspecified atom stereocenters. The summed E-state index contributed by atoms with van der Waals surface area (Å²) < 4.78 is 6.95. The molecule has 0 amide bonds. The van der Waals surface area contributed by atoms with Gasteiger partial charge in [-0.25, -0.2) is 9.97 Å². The molecule has 19 heavy (non-hydrogen) atoms. The van der Waals surface area contributed by atoms with Gasteiger partial charge in [-0.1, -0.05) is 0 Å². The van der Waals surface area contributed by atoms with Crippen molar-refractivity contribution in [3.05, 3.63) is 30.0 Å². The number of anilines is 1. The van der Waals surface area contributed by atoms with Crippen LogP contribution in [0.1, 0.15) is 24.4 Å². The van der Waals surface area contributed by atoms with Gasteiger partial charge in [-0.3, -0.25) is 4.68 Å². The van der Waals surface area contributed by atoms with Crippen LogP contribution in [0.2, 0.25) is 0 Å². The SMILES string of the molecule is COc1cn(C)nc1[C@H](C)Nc1cc(C#N)ncn1. The summed E-state index contributed by atoms with van der Waals surface area (Å²) in [6, 6.07) is 3.46. The van der Waals surface area contributed by atoms with E-state index in [1.807, 2.05) is 20.0 Å². The van der Waals surface area contributed by atoms with Gasteiger partial charge >= 0.3 is 0 Å². The smallest absolute Gasteiger partial charge is 0.162 e. The Kier molecular flexibility index (Phi) is 3.61. The van der Waals surface area contributed by atoms with Crippen LogP contribution in [0.3, 0.4) is 0 Å². The lowest BCUT2D eigenvalue weighted by atomic mass is 10.2. The number of nitrogens with one attached hydrogen (secondary N) is 1.